The van der Waals surface area contributed by atoms with E-state index in [-0.39, 0.29) is 35.0 Å². The lowest BCUT2D eigenvalue weighted by molar-refractivity contribution is -0.141. The van der Waals surface area contributed by atoms with Gasteiger partial charge in [0, 0.05) is 30.3 Å². The fourth-order valence-electron chi connectivity index (χ4n) is 6.89. The van der Waals surface area contributed by atoms with Crippen LogP contribution in [0.5, 0.6) is 5.75 Å². The molecule has 2 saturated carbocycles. The van der Waals surface area contributed by atoms with Crippen LogP contribution < -0.4 is 9.64 Å². The molecule has 0 radical (unpaired) electrons. The number of carbonyl (C=O) groups excluding carboxylic acids is 2. The first-order valence-electron chi connectivity index (χ1n) is 17.8. The van der Waals surface area contributed by atoms with Crippen molar-refractivity contribution in [3.05, 3.63) is 65.2 Å². The van der Waals surface area contributed by atoms with Crippen molar-refractivity contribution in [2.45, 2.75) is 129 Å². The minimum atomic E-state index is -1.86. The molecule has 47 heavy (non-hydrogen) atoms. The number of aryl methyl sites for hydroxylation is 1. The van der Waals surface area contributed by atoms with Crippen molar-refractivity contribution in [1.29, 1.82) is 0 Å². The molecule has 6 nitrogen and oxygen atoms in total. The summed E-state index contributed by atoms with van der Waals surface area (Å²) in [6.45, 7) is 18.0. The van der Waals surface area contributed by atoms with Gasteiger partial charge in [0.25, 0.3) is 0 Å². The molecule has 2 aromatic carbocycles. The molecule has 2 aliphatic rings. The molecule has 0 aliphatic heterocycles. The second kappa shape index (κ2) is 16.0. The van der Waals surface area contributed by atoms with E-state index in [1.54, 1.807) is 13.2 Å². The summed E-state index contributed by atoms with van der Waals surface area (Å²) in [6, 6.07) is 14.6. The third-order valence-corrected chi connectivity index (χ3v) is 15.2. The lowest BCUT2D eigenvalue weighted by atomic mass is 9.78. The van der Waals surface area contributed by atoms with Gasteiger partial charge in [-0.25, -0.2) is 4.79 Å². The Morgan fingerprint density at radius 3 is 2.23 bits per heavy atom. The van der Waals surface area contributed by atoms with Gasteiger partial charge in [0.2, 0.25) is 5.91 Å². The number of ether oxygens (including phenoxy) is 2. The quantitative estimate of drug-likeness (QED) is 0.136. The summed E-state index contributed by atoms with van der Waals surface area (Å²) >= 11 is 0. The van der Waals surface area contributed by atoms with Crippen LogP contribution in [0, 0.1) is 18.8 Å². The molecule has 258 valence electrons. The van der Waals surface area contributed by atoms with Crippen LogP contribution in [-0.4, -0.2) is 46.1 Å². The molecule has 2 fully saturated rings. The summed E-state index contributed by atoms with van der Waals surface area (Å²) in [5.74, 6) is 1.77. The van der Waals surface area contributed by atoms with E-state index in [1.165, 1.54) is 17.2 Å². The smallest absolute Gasteiger partial charge is 0.331 e. The maximum atomic E-state index is 14.4. The largest absolute Gasteiger partial charge is 0.496 e. The highest BCUT2D eigenvalue weighted by molar-refractivity contribution is 6.74. The monoisotopic (exact) mass is 661 g/mol. The maximum absolute atomic E-state index is 14.4. The van der Waals surface area contributed by atoms with E-state index < -0.39 is 8.32 Å². The van der Waals surface area contributed by atoms with Crippen LogP contribution in [0.3, 0.4) is 0 Å². The lowest BCUT2D eigenvalue weighted by Crippen LogP contribution is -2.46. The van der Waals surface area contributed by atoms with Gasteiger partial charge < -0.3 is 18.8 Å². The number of methoxy groups -OCH3 is 1. The number of rotatable bonds is 11. The van der Waals surface area contributed by atoms with Gasteiger partial charge in [-0.1, -0.05) is 45.0 Å². The molecule has 2 aliphatic carbocycles. The molecular weight excluding hydrogens is 603 g/mol. The summed E-state index contributed by atoms with van der Waals surface area (Å²) in [6.07, 6.45) is 11.3. The number of anilines is 1. The first kappa shape index (κ1) is 36.9. The van der Waals surface area contributed by atoms with Crippen molar-refractivity contribution in [3.8, 4) is 5.75 Å². The Balaban J connectivity index is 1.48. The van der Waals surface area contributed by atoms with Crippen LogP contribution in [0.15, 0.2) is 48.5 Å². The van der Waals surface area contributed by atoms with Crippen LogP contribution >= 0.6 is 0 Å². The Morgan fingerprint density at radius 1 is 0.957 bits per heavy atom. The number of esters is 1. The van der Waals surface area contributed by atoms with Crippen LogP contribution in [0.25, 0.3) is 6.08 Å². The SMILES string of the molecule is COc1ccc(C2CCC(CN(C(=O)C3CCC(O[Si](C)(C)C(C)(C)C)CC3)c3cccc(/C=C/C(=O)OC(C)C)c3)CC2)cc1C. The van der Waals surface area contributed by atoms with Gasteiger partial charge in [0.1, 0.15) is 5.75 Å². The van der Waals surface area contributed by atoms with E-state index in [9.17, 15) is 9.59 Å². The third kappa shape index (κ3) is 10.1. The summed E-state index contributed by atoms with van der Waals surface area (Å²) < 4.78 is 17.5. The van der Waals surface area contributed by atoms with Crippen LogP contribution in [-0.2, 0) is 18.8 Å². The highest BCUT2D eigenvalue weighted by atomic mass is 28.4. The highest BCUT2D eigenvalue weighted by Crippen LogP contribution is 2.41. The molecular formula is C40H59NO5Si. The van der Waals surface area contributed by atoms with Gasteiger partial charge in [-0.05, 0) is 143 Å². The minimum absolute atomic E-state index is 0.00639. The van der Waals surface area contributed by atoms with Crippen LogP contribution in [0.1, 0.15) is 109 Å². The van der Waals surface area contributed by atoms with E-state index in [0.29, 0.717) is 11.8 Å². The molecule has 2 aromatic rings. The van der Waals surface area contributed by atoms with E-state index >= 15 is 0 Å². The predicted molar refractivity (Wildman–Crippen MR) is 196 cm³/mol. The number of hydrogen-bond acceptors (Lipinski definition) is 5. The van der Waals surface area contributed by atoms with Gasteiger partial charge in [0.15, 0.2) is 8.32 Å². The lowest BCUT2D eigenvalue weighted by Gasteiger charge is -2.41. The zero-order chi connectivity index (χ0) is 34.4. The van der Waals surface area contributed by atoms with Gasteiger partial charge in [-0.2, -0.15) is 0 Å². The van der Waals surface area contributed by atoms with Crippen LogP contribution in [0.2, 0.25) is 18.1 Å². The standard InChI is InChI=1S/C40H59NO5Si/c1-28(2)45-38(42)24-15-30-11-10-12-35(26-30)41(39(43)33-18-21-36(22-19-33)46-47(8,9)40(4,5)6)27-31-13-16-32(17-14-31)34-20-23-37(44-7)29(3)25-34/h10-12,15,20,23-26,28,31-33,36H,13-14,16-19,21-22,27H2,1-9H3/b24-15+. The fraction of sp³-hybridized carbons (Fsp3) is 0.600. The van der Waals surface area contributed by atoms with Crippen molar-refractivity contribution in [2.75, 3.05) is 18.6 Å². The van der Waals surface area contributed by atoms with Crippen molar-refractivity contribution < 1.29 is 23.5 Å². The minimum Gasteiger partial charge on any atom is -0.496 e. The normalized spacial score (nSPS) is 22.3. The second-order valence-corrected chi connectivity index (χ2v) is 20.4. The highest BCUT2D eigenvalue weighted by Gasteiger charge is 2.41. The van der Waals surface area contributed by atoms with Gasteiger partial charge >= 0.3 is 5.97 Å². The summed E-state index contributed by atoms with van der Waals surface area (Å²) in [5.41, 5.74) is 4.36. The van der Waals surface area contributed by atoms with E-state index in [4.69, 9.17) is 13.9 Å². The first-order chi connectivity index (χ1) is 22.2. The third-order valence-electron chi connectivity index (χ3n) is 10.7. The van der Waals surface area contributed by atoms with Crippen molar-refractivity contribution in [1.82, 2.24) is 0 Å². The maximum Gasteiger partial charge on any atom is 0.331 e. The van der Waals surface area contributed by atoms with Gasteiger partial charge in [0.05, 0.1) is 13.2 Å². The molecule has 0 spiro atoms. The van der Waals surface area contributed by atoms with Gasteiger partial charge in [-0.15, -0.1) is 0 Å². The summed E-state index contributed by atoms with van der Waals surface area (Å²) in [7, 11) is -0.132. The van der Waals surface area contributed by atoms with E-state index in [0.717, 1.165) is 74.9 Å². The topological polar surface area (TPSA) is 65.1 Å². The Bertz CT molecular complexity index is 1380. The number of amides is 1. The number of carbonyl (C=O) groups is 2. The predicted octanol–water partition coefficient (Wildman–Crippen LogP) is 9.86. The second-order valence-electron chi connectivity index (χ2n) is 15.7. The fourth-order valence-corrected chi connectivity index (χ4v) is 8.31. The van der Waals surface area contributed by atoms with E-state index in [2.05, 4.69) is 63.9 Å². The average molecular weight is 662 g/mol. The van der Waals surface area contributed by atoms with Crippen molar-refractivity contribution in [2.24, 2.45) is 11.8 Å². The number of benzene rings is 2. The zero-order valence-electron chi connectivity index (χ0n) is 30.4. The Kier molecular flexibility index (Phi) is 12.6. The molecule has 0 unspecified atom stereocenters. The number of nitrogens with zero attached hydrogens (tertiary/aromatic N) is 1. The zero-order valence-corrected chi connectivity index (χ0v) is 31.4. The first-order valence-corrected chi connectivity index (χ1v) is 20.7. The molecule has 0 saturated heterocycles. The average Bonchev–Trinajstić information content (AvgIpc) is 3.02. The Labute approximate surface area is 285 Å². The number of hydrogen-bond donors (Lipinski definition) is 0. The molecule has 0 bridgehead atoms. The molecule has 0 N–H and O–H groups in total. The molecule has 0 heterocycles. The Morgan fingerprint density at radius 2 is 1.64 bits per heavy atom. The molecule has 0 aromatic heterocycles. The van der Waals surface area contributed by atoms with Crippen molar-refractivity contribution in [3.63, 3.8) is 0 Å². The van der Waals surface area contributed by atoms with E-state index in [1.807, 2.05) is 38.1 Å². The van der Waals surface area contributed by atoms with Crippen molar-refractivity contribution >= 4 is 32.0 Å². The van der Waals surface area contributed by atoms with Crippen LogP contribution in [0.4, 0.5) is 5.69 Å². The molecule has 7 heteroatoms. The molecule has 0 atom stereocenters. The summed E-state index contributed by atoms with van der Waals surface area (Å²) in [5, 5.41) is 0.173. The molecule has 4 rings (SSSR count). The van der Waals surface area contributed by atoms with Gasteiger partial charge in [-0.3, -0.25) is 4.79 Å². The molecule has 1 amide bonds. The summed E-state index contributed by atoms with van der Waals surface area (Å²) in [4.78, 5) is 28.6. The Hall–Kier alpha value is -2.90.